The van der Waals surface area contributed by atoms with Crippen LogP contribution in [0.3, 0.4) is 0 Å². The Labute approximate surface area is 88.4 Å². The fourth-order valence-electron chi connectivity index (χ4n) is 1.66. The topological polar surface area (TPSA) is 55.8 Å². The van der Waals surface area contributed by atoms with Crippen molar-refractivity contribution in [2.45, 2.75) is 13.8 Å². The molecular formula is C11H14O4. The summed E-state index contributed by atoms with van der Waals surface area (Å²) in [4.78, 5) is 11.0. The Morgan fingerprint density at radius 3 is 2.27 bits per heavy atom. The first kappa shape index (κ1) is 11.4. The summed E-state index contributed by atoms with van der Waals surface area (Å²) < 4.78 is 10.2. The number of carboxylic acid groups (broad SMARTS) is 1. The first-order valence-corrected chi connectivity index (χ1v) is 4.48. The molecule has 4 heteroatoms. The monoisotopic (exact) mass is 210 g/mol. The molecule has 0 bridgehead atoms. The van der Waals surface area contributed by atoms with Gasteiger partial charge in [0.05, 0.1) is 19.8 Å². The molecule has 0 aliphatic rings. The Hall–Kier alpha value is -1.71. The lowest BCUT2D eigenvalue weighted by molar-refractivity contribution is 0.0695. The molecule has 82 valence electrons. The number of methoxy groups -OCH3 is 2. The fraction of sp³-hybridized carbons (Fsp3) is 0.364. The molecule has 0 unspecified atom stereocenters. The van der Waals surface area contributed by atoms with Gasteiger partial charge in [0.15, 0.2) is 11.5 Å². The number of hydrogen-bond donors (Lipinski definition) is 1. The largest absolute Gasteiger partial charge is 0.493 e. The van der Waals surface area contributed by atoms with Gasteiger partial charge in [-0.3, -0.25) is 0 Å². The van der Waals surface area contributed by atoms with Crippen molar-refractivity contribution in [3.8, 4) is 11.5 Å². The normalized spacial score (nSPS) is 9.87. The highest BCUT2D eigenvalue weighted by Crippen LogP contribution is 2.34. The van der Waals surface area contributed by atoms with Crippen molar-refractivity contribution in [2.75, 3.05) is 14.2 Å². The molecule has 0 amide bonds. The van der Waals surface area contributed by atoms with Crippen LogP contribution in [0.15, 0.2) is 6.07 Å². The number of aryl methyl sites for hydroxylation is 1. The number of benzene rings is 1. The van der Waals surface area contributed by atoms with E-state index in [0.29, 0.717) is 22.6 Å². The number of carbonyl (C=O) groups is 1. The van der Waals surface area contributed by atoms with Gasteiger partial charge in [0, 0.05) is 5.56 Å². The molecule has 1 N–H and O–H groups in total. The van der Waals surface area contributed by atoms with Crippen LogP contribution in [0, 0.1) is 13.8 Å². The van der Waals surface area contributed by atoms with Crippen molar-refractivity contribution in [1.29, 1.82) is 0 Å². The van der Waals surface area contributed by atoms with Crippen molar-refractivity contribution in [3.63, 3.8) is 0 Å². The van der Waals surface area contributed by atoms with Crippen LogP contribution in [0.1, 0.15) is 21.5 Å². The lowest BCUT2D eigenvalue weighted by Crippen LogP contribution is -2.06. The number of ether oxygens (including phenoxy) is 2. The number of hydrogen-bond acceptors (Lipinski definition) is 3. The predicted octanol–water partition coefficient (Wildman–Crippen LogP) is 2.02. The van der Waals surface area contributed by atoms with Crippen molar-refractivity contribution in [2.24, 2.45) is 0 Å². The van der Waals surface area contributed by atoms with E-state index in [-0.39, 0.29) is 5.56 Å². The predicted molar refractivity (Wildman–Crippen MR) is 56.0 cm³/mol. The molecule has 0 saturated carbocycles. The maximum Gasteiger partial charge on any atom is 0.336 e. The second-order valence-corrected chi connectivity index (χ2v) is 3.23. The third-order valence-corrected chi connectivity index (χ3v) is 2.32. The van der Waals surface area contributed by atoms with E-state index in [4.69, 9.17) is 14.6 Å². The summed E-state index contributed by atoms with van der Waals surface area (Å²) >= 11 is 0. The summed E-state index contributed by atoms with van der Waals surface area (Å²) in [6.07, 6.45) is 0. The maximum absolute atomic E-state index is 11.0. The highest BCUT2D eigenvalue weighted by Gasteiger charge is 2.18. The number of aromatic carboxylic acids is 1. The van der Waals surface area contributed by atoms with E-state index in [0.717, 1.165) is 0 Å². The molecule has 0 aromatic heterocycles. The van der Waals surface area contributed by atoms with Crippen LogP contribution in [0.2, 0.25) is 0 Å². The molecule has 1 rings (SSSR count). The van der Waals surface area contributed by atoms with E-state index < -0.39 is 5.97 Å². The summed E-state index contributed by atoms with van der Waals surface area (Å²) in [6, 6.07) is 1.66. The zero-order valence-corrected chi connectivity index (χ0v) is 9.25. The second kappa shape index (κ2) is 4.21. The average molecular weight is 210 g/mol. The van der Waals surface area contributed by atoms with Crippen LogP contribution in [0.5, 0.6) is 11.5 Å². The minimum atomic E-state index is -0.953. The molecule has 1 aromatic carbocycles. The van der Waals surface area contributed by atoms with Crippen molar-refractivity contribution < 1.29 is 19.4 Å². The van der Waals surface area contributed by atoms with Crippen LogP contribution in [0.25, 0.3) is 0 Å². The Morgan fingerprint density at radius 2 is 1.87 bits per heavy atom. The zero-order chi connectivity index (χ0) is 11.6. The van der Waals surface area contributed by atoms with E-state index in [2.05, 4.69) is 0 Å². The smallest absolute Gasteiger partial charge is 0.336 e. The third-order valence-electron chi connectivity index (χ3n) is 2.32. The zero-order valence-electron chi connectivity index (χ0n) is 9.25. The van der Waals surface area contributed by atoms with Gasteiger partial charge in [0.25, 0.3) is 0 Å². The lowest BCUT2D eigenvalue weighted by atomic mass is 10.0. The summed E-state index contributed by atoms with van der Waals surface area (Å²) in [7, 11) is 3.02. The molecule has 0 radical (unpaired) electrons. The molecule has 0 aliphatic carbocycles. The third kappa shape index (κ3) is 1.88. The van der Waals surface area contributed by atoms with Gasteiger partial charge >= 0.3 is 5.97 Å². The molecule has 4 nitrogen and oxygen atoms in total. The van der Waals surface area contributed by atoms with Crippen molar-refractivity contribution in [1.82, 2.24) is 0 Å². The van der Waals surface area contributed by atoms with Gasteiger partial charge in [-0.15, -0.1) is 0 Å². The van der Waals surface area contributed by atoms with Crippen molar-refractivity contribution in [3.05, 3.63) is 22.8 Å². The van der Waals surface area contributed by atoms with E-state index in [1.807, 2.05) is 0 Å². The number of rotatable bonds is 3. The molecule has 1 aromatic rings. The Morgan fingerprint density at radius 1 is 1.27 bits per heavy atom. The summed E-state index contributed by atoms with van der Waals surface area (Å²) in [5.74, 6) is 0.0731. The first-order chi connectivity index (χ1) is 7.02. The van der Waals surface area contributed by atoms with Crippen LogP contribution >= 0.6 is 0 Å². The average Bonchev–Trinajstić information content (AvgIpc) is 2.16. The van der Waals surface area contributed by atoms with Gasteiger partial charge in [-0.25, -0.2) is 4.79 Å². The molecule has 0 atom stereocenters. The van der Waals surface area contributed by atoms with Gasteiger partial charge < -0.3 is 14.6 Å². The highest BCUT2D eigenvalue weighted by molar-refractivity contribution is 5.92. The molecule has 0 aliphatic heterocycles. The summed E-state index contributed by atoms with van der Waals surface area (Å²) in [5, 5.41) is 9.03. The highest BCUT2D eigenvalue weighted by atomic mass is 16.5. The summed E-state index contributed by atoms with van der Waals surface area (Å²) in [5.41, 5.74) is 1.52. The van der Waals surface area contributed by atoms with Gasteiger partial charge in [-0.1, -0.05) is 0 Å². The quantitative estimate of drug-likeness (QED) is 0.829. The van der Waals surface area contributed by atoms with Crippen LogP contribution in [0.4, 0.5) is 0 Å². The Kier molecular flexibility index (Phi) is 3.19. The SMILES string of the molecule is COc1cc(C)c(C(=O)O)c(C)c1OC. The molecule has 0 spiro atoms. The minimum Gasteiger partial charge on any atom is -0.493 e. The van der Waals surface area contributed by atoms with Crippen molar-refractivity contribution >= 4 is 5.97 Å². The van der Waals surface area contributed by atoms with E-state index >= 15 is 0 Å². The molecule has 0 fully saturated rings. The van der Waals surface area contributed by atoms with Gasteiger partial charge in [-0.05, 0) is 25.5 Å². The molecule has 15 heavy (non-hydrogen) atoms. The minimum absolute atomic E-state index is 0.271. The second-order valence-electron chi connectivity index (χ2n) is 3.23. The van der Waals surface area contributed by atoms with Gasteiger partial charge in [0.2, 0.25) is 0 Å². The van der Waals surface area contributed by atoms with Gasteiger partial charge in [-0.2, -0.15) is 0 Å². The maximum atomic E-state index is 11.0. The number of carboxylic acids is 1. The van der Waals surface area contributed by atoms with E-state index in [1.54, 1.807) is 19.9 Å². The molecule has 0 saturated heterocycles. The van der Waals surface area contributed by atoms with Crippen LogP contribution < -0.4 is 9.47 Å². The first-order valence-electron chi connectivity index (χ1n) is 4.48. The lowest BCUT2D eigenvalue weighted by Gasteiger charge is -2.14. The standard InChI is InChI=1S/C11H14O4/c1-6-5-8(14-3)10(15-4)7(2)9(6)11(12)13/h5H,1-4H3,(H,12,13). The van der Waals surface area contributed by atoms with Crippen LogP contribution in [-0.4, -0.2) is 25.3 Å². The van der Waals surface area contributed by atoms with E-state index in [9.17, 15) is 4.79 Å². The van der Waals surface area contributed by atoms with Crippen LogP contribution in [-0.2, 0) is 0 Å². The summed E-state index contributed by atoms with van der Waals surface area (Å²) in [6.45, 7) is 3.44. The van der Waals surface area contributed by atoms with Gasteiger partial charge in [0.1, 0.15) is 0 Å². The van der Waals surface area contributed by atoms with E-state index in [1.165, 1.54) is 14.2 Å². The molecule has 0 heterocycles. The fourth-order valence-corrected chi connectivity index (χ4v) is 1.66. The molecular weight excluding hydrogens is 196 g/mol. The Bertz CT molecular complexity index is 396. The Balaban J connectivity index is 3.51.